The zero-order valence-corrected chi connectivity index (χ0v) is 10.4. The lowest BCUT2D eigenvalue weighted by Gasteiger charge is -2.08. The molecule has 2 heterocycles. The number of ether oxygens (including phenoxy) is 1. The summed E-state index contributed by atoms with van der Waals surface area (Å²) >= 11 is 0. The minimum atomic E-state index is -0.313. The van der Waals surface area contributed by atoms with E-state index in [0.717, 1.165) is 27.8 Å². The molecule has 0 N–H and O–H groups in total. The smallest absolute Gasteiger partial charge is 0.336 e. The van der Waals surface area contributed by atoms with Crippen LogP contribution in [0, 0.1) is 6.92 Å². The molecule has 92 valence electrons. The van der Waals surface area contributed by atoms with Gasteiger partial charge >= 0.3 is 5.63 Å². The quantitative estimate of drug-likeness (QED) is 0.570. The van der Waals surface area contributed by atoms with E-state index in [4.69, 9.17) is 9.15 Å². The topological polar surface area (TPSA) is 39.4 Å². The highest BCUT2D eigenvalue weighted by Gasteiger charge is 2.26. The van der Waals surface area contributed by atoms with Crippen LogP contribution in [0.1, 0.15) is 18.1 Å². The molecule has 0 aliphatic carbocycles. The van der Waals surface area contributed by atoms with Gasteiger partial charge in [0.05, 0.1) is 0 Å². The molecule has 3 rings (SSSR count). The van der Waals surface area contributed by atoms with Crippen molar-refractivity contribution < 1.29 is 9.15 Å². The molecule has 1 aliphatic rings. The van der Waals surface area contributed by atoms with Gasteiger partial charge in [0.1, 0.15) is 17.4 Å². The predicted molar refractivity (Wildman–Crippen MR) is 70.2 cm³/mol. The molecule has 0 spiro atoms. The summed E-state index contributed by atoms with van der Waals surface area (Å²) < 4.78 is 11.1. The molecule has 0 fully saturated rings. The van der Waals surface area contributed by atoms with Crippen molar-refractivity contribution in [2.75, 3.05) is 0 Å². The van der Waals surface area contributed by atoms with Gasteiger partial charge in [-0.25, -0.2) is 4.79 Å². The average molecular weight is 242 g/mol. The number of hydrogen-bond donors (Lipinski definition) is 0. The number of hydrogen-bond acceptors (Lipinski definition) is 3. The molecule has 1 unspecified atom stereocenters. The first-order valence-corrected chi connectivity index (χ1v) is 5.94. The maximum absolute atomic E-state index is 11.5. The normalized spacial score (nSPS) is 17.6. The predicted octanol–water partition coefficient (Wildman–Crippen LogP) is 2.98. The van der Waals surface area contributed by atoms with E-state index in [1.165, 1.54) is 6.07 Å². The van der Waals surface area contributed by atoms with Gasteiger partial charge in [0.2, 0.25) is 0 Å². The molecule has 2 aromatic rings. The number of benzene rings is 1. The summed E-state index contributed by atoms with van der Waals surface area (Å²) in [5.41, 5.74) is 3.23. The van der Waals surface area contributed by atoms with Crippen molar-refractivity contribution in [3.8, 4) is 5.75 Å². The third-order valence-corrected chi connectivity index (χ3v) is 3.39. The first-order valence-electron chi connectivity index (χ1n) is 5.94. The molecule has 3 heteroatoms. The van der Waals surface area contributed by atoms with Gasteiger partial charge in [-0.2, -0.15) is 0 Å². The van der Waals surface area contributed by atoms with Gasteiger partial charge in [0.15, 0.2) is 0 Å². The molecule has 1 aliphatic heterocycles. The van der Waals surface area contributed by atoms with E-state index in [9.17, 15) is 4.79 Å². The molecule has 3 nitrogen and oxygen atoms in total. The molecule has 0 saturated heterocycles. The molecular formula is C15H14O3. The fourth-order valence-corrected chi connectivity index (χ4v) is 2.38. The summed E-state index contributed by atoms with van der Waals surface area (Å²) in [6.45, 7) is 7.78. The molecule has 0 saturated carbocycles. The maximum atomic E-state index is 11.5. The zero-order chi connectivity index (χ0) is 12.9. The molecule has 0 radical (unpaired) electrons. The average Bonchev–Trinajstić information content (AvgIpc) is 2.72. The van der Waals surface area contributed by atoms with E-state index in [0.29, 0.717) is 12.0 Å². The van der Waals surface area contributed by atoms with Crippen molar-refractivity contribution in [3.05, 3.63) is 51.9 Å². The first-order chi connectivity index (χ1) is 8.56. The third-order valence-electron chi connectivity index (χ3n) is 3.39. The number of aryl methyl sites for hydroxylation is 1. The summed E-state index contributed by atoms with van der Waals surface area (Å²) in [4.78, 5) is 11.5. The second-order valence-corrected chi connectivity index (χ2v) is 4.82. The van der Waals surface area contributed by atoms with Crippen molar-refractivity contribution in [1.82, 2.24) is 0 Å². The molecular weight excluding hydrogens is 228 g/mol. The van der Waals surface area contributed by atoms with E-state index >= 15 is 0 Å². The van der Waals surface area contributed by atoms with Crippen LogP contribution in [0.5, 0.6) is 5.75 Å². The Morgan fingerprint density at radius 2 is 2.22 bits per heavy atom. The van der Waals surface area contributed by atoms with Gasteiger partial charge in [-0.1, -0.05) is 6.58 Å². The lowest BCUT2D eigenvalue weighted by atomic mass is 10.0. The molecule has 1 aromatic heterocycles. The van der Waals surface area contributed by atoms with Crippen molar-refractivity contribution in [2.45, 2.75) is 26.4 Å². The van der Waals surface area contributed by atoms with Crippen molar-refractivity contribution >= 4 is 11.0 Å². The van der Waals surface area contributed by atoms with E-state index in [1.54, 1.807) is 0 Å². The molecule has 18 heavy (non-hydrogen) atoms. The van der Waals surface area contributed by atoms with Crippen molar-refractivity contribution in [2.24, 2.45) is 0 Å². The number of rotatable bonds is 1. The van der Waals surface area contributed by atoms with Gasteiger partial charge < -0.3 is 9.15 Å². The summed E-state index contributed by atoms with van der Waals surface area (Å²) in [5.74, 6) is 0.796. The third kappa shape index (κ3) is 1.55. The molecule has 0 amide bonds. The van der Waals surface area contributed by atoms with Gasteiger partial charge in [0.25, 0.3) is 0 Å². The SMILES string of the molecule is C=C(C)C1Cc2c(ccc3c(C)cc(=O)oc23)O1. The fourth-order valence-electron chi connectivity index (χ4n) is 2.38. The van der Waals surface area contributed by atoms with Crippen molar-refractivity contribution in [1.29, 1.82) is 0 Å². The fraction of sp³-hybridized carbons (Fsp3) is 0.267. The van der Waals surface area contributed by atoms with Gasteiger partial charge in [0, 0.05) is 23.4 Å². The highest BCUT2D eigenvalue weighted by Crippen LogP contribution is 2.36. The summed E-state index contributed by atoms with van der Waals surface area (Å²) in [7, 11) is 0. The Bertz CT molecular complexity index is 709. The Morgan fingerprint density at radius 3 is 2.94 bits per heavy atom. The van der Waals surface area contributed by atoms with Gasteiger partial charge in [-0.3, -0.25) is 0 Å². The Hall–Kier alpha value is -2.03. The first kappa shape index (κ1) is 11.1. The highest BCUT2D eigenvalue weighted by atomic mass is 16.5. The van der Waals surface area contributed by atoms with Gasteiger partial charge in [-0.05, 0) is 37.1 Å². The van der Waals surface area contributed by atoms with Crippen LogP contribution in [-0.2, 0) is 6.42 Å². The van der Waals surface area contributed by atoms with E-state index in [-0.39, 0.29) is 11.7 Å². The minimum absolute atomic E-state index is 0.0172. The molecule has 1 atom stereocenters. The summed E-state index contributed by atoms with van der Waals surface area (Å²) in [5, 5.41) is 0.972. The van der Waals surface area contributed by atoms with Crippen LogP contribution in [0.25, 0.3) is 11.0 Å². The Kier molecular flexibility index (Phi) is 2.30. The second kappa shape index (κ2) is 3.73. The van der Waals surface area contributed by atoms with Crippen LogP contribution in [-0.4, -0.2) is 6.10 Å². The highest BCUT2D eigenvalue weighted by molar-refractivity contribution is 5.85. The second-order valence-electron chi connectivity index (χ2n) is 4.82. The number of fused-ring (bicyclic) bond motifs is 3. The van der Waals surface area contributed by atoms with Crippen LogP contribution in [0.2, 0.25) is 0 Å². The van der Waals surface area contributed by atoms with E-state index in [2.05, 4.69) is 6.58 Å². The van der Waals surface area contributed by atoms with Crippen LogP contribution >= 0.6 is 0 Å². The Morgan fingerprint density at radius 1 is 1.44 bits per heavy atom. The van der Waals surface area contributed by atoms with Gasteiger partial charge in [-0.15, -0.1) is 0 Å². The van der Waals surface area contributed by atoms with E-state index in [1.807, 2.05) is 26.0 Å². The van der Waals surface area contributed by atoms with E-state index < -0.39 is 0 Å². The Labute approximate surface area is 105 Å². The van der Waals surface area contributed by atoms with Crippen molar-refractivity contribution in [3.63, 3.8) is 0 Å². The summed E-state index contributed by atoms with van der Waals surface area (Å²) in [6, 6.07) is 5.39. The minimum Gasteiger partial charge on any atom is -0.485 e. The molecule has 1 aromatic carbocycles. The van der Waals surface area contributed by atoms with Crippen LogP contribution < -0.4 is 10.4 Å². The van der Waals surface area contributed by atoms with Crippen LogP contribution in [0.15, 0.2) is 39.6 Å². The standard InChI is InChI=1S/C15H14O3/c1-8(2)13-7-11-12(17-13)5-4-10-9(3)6-14(16)18-15(10)11/h4-6,13H,1,7H2,2-3H3. The maximum Gasteiger partial charge on any atom is 0.336 e. The zero-order valence-electron chi connectivity index (χ0n) is 10.4. The Balaban J connectivity index is 2.27. The monoisotopic (exact) mass is 242 g/mol. The van der Waals surface area contributed by atoms with Crippen LogP contribution in [0.3, 0.4) is 0 Å². The summed E-state index contributed by atoms with van der Waals surface area (Å²) in [6.07, 6.45) is 0.699. The lowest BCUT2D eigenvalue weighted by Crippen LogP contribution is -2.13. The largest absolute Gasteiger partial charge is 0.485 e. The molecule has 0 bridgehead atoms. The lowest BCUT2D eigenvalue weighted by molar-refractivity contribution is 0.271. The van der Waals surface area contributed by atoms with Crippen LogP contribution in [0.4, 0.5) is 0 Å².